The maximum absolute atomic E-state index is 13.1. The summed E-state index contributed by atoms with van der Waals surface area (Å²) in [6.07, 6.45) is 1.52. The fraction of sp³-hybridized carbons (Fsp3) is 0.111. The van der Waals surface area contributed by atoms with Crippen molar-refractivity contribution < 1.29 is 4.39 Å². The van der Waals surface area contributed by atoms with Crippen LogP contribution >= 0.6 is 28.1 Å². The predicted molar refractivity (Wildman–Crippen MR) is 66.5 cm³/mol. The smallest absolute Gasteiger partial charge is 0.184 e. The van der Waals surface area contributed by atoms with Crippen LogP contribution < -0.4 is 11.2 Å². The largest absolute Gasteiger partial charge is 0.375 e. The summed E-state index contributed by atoms with van der Waals surface area (Å²) in [5.41, 5.74) is 8.95. The molecule has 0 aliphatic carbocycles. The van der Waals surface area contributed by atoms with Gasteiger partial charge in [0.2, 0.25) is 0 Å². The van der Waals surface area contributed by atoms with E-state index in [1.54, 1.807) is 12.1 Å². The van der Waals surface area contributed by atoms with E-state index >= 15 is 0 Å². The third-order valence-corrected chi connectivity index (χ3v) is 2.30. The summed E-state index contributed by atoms with van der Waals surface area (Å²) in [4.78, 5) is 0. The molecule has 0 spiro atoms. The fourth-order valence-corrected chi connectivity index (χ4v) is 1.43. The third kappa shape index (κ3) is 3.93. The monoisotopic (exact) mass is 289 g/mol. The van der Waals surface area contributed by atoms with Crippen LogP contribution in [-0.2, 0) is 5.33 Å². The van der Waals surface area contributed by atoms with Gasteiger partial charge in [-0.3, -0.25) is 5.43 Å². The van der Waals surface area contributed by atoms with Crippen LogP contribution in [0.1, 0.15) is 11.1 Å². The molecule has 0 saturated carbocycles. The average Bonchev–Trinajstić information content (AvgIpc) is 2.20. The molecule has 1 aromatic rings. The Morgan fingerprint density at radius 1 is 1.67 bits per heavy atom. The van der Waals surface area contributed by atoms with E-state index in [9.17, 15) is 4.39 Å². The topological polar surface area (TPSA) is 50.4 Å². The van der Waals surface area contributed by atoms with Gasteiger partial charge >= 0.3 is 0 Å². The van der Waals surface area contributed by atoms with Crippen LogP contribution in [0.15, 0.2) is 23.3 Å². The summed E-state index contributed by atoms with van der Waals surface area (Å²) in [6.45, 7) is 0. The Kier molecular flexibility index (Phi) is 4.64. The first-order valence-corrected chi connectivity index (χ1v) is 5.59. The molecular weight excluding hydrogens is 281 g/mol. The molecule has 0 atom stereocenters. The minimum Gasteiger partial charge on any atom is -0.375 e. The maximum Gasteiger partial charge on any atom is 0.184 e. The highest BCUT2D eigenvalue weighted by Crippen LogP contribution is 2.12. The van der Waals surface area contributed by atoms with Crippen molar-refractivity contribution in [3.05, 3.63) is 35.1 Å². The van der Waals surface area contributed by atoms with Crippen molar-refractivity contribution in [1.29, 1.82) is 0 Å². The van der Waals surface area contributed by atoms with Crippen LogP contribution in [0, 0.1) is 5.82 Å². The van der Waals surface area contributed by atoms with Gasteiger partial charge in [0.15, 0.2) is 5.11 Å². The zero-order valence-corrected chi connectivity index (χ0v) is 10.1. The second-order valence-electron chi connectivity index (χ2n) is 2.72. The van der Waals surface area contributed by atoms with Crippen LogP contribution in [-0.4, -0.2) is 11.3 Å². The number of nitrogens with zero attached hydrogens (tertiary/aromatic N) is 1. The fourth-order valence-electron chi connectivity index (χ4n) is 0.948. The highest BCUT2D eigenvalue weighted by molar-refractivity contribution is 9.08. The third-order valence-electron chi connectivity index (χ3n) is 1.60. The van der Waals surface area contributed by atoms with Crippen molar-refractivity contribution in [3.63, 3.8) is 0 Å². The van der Waals surface area contributed by atoms with E-state index in [-0.39, 0.29) is 10.9 Å². The zero-order valence-electron chi connectivity index (χ0n) is 7.71. The number of hydrazone groups is 1. The summed E-state index contributed by atoms with van der Waals surface area (Å²) in [5, 5.41) is 4.32. The Hall–Kier alpha value is -1.01. The highest BCUT2D eigenvalue weighted by Gasteiger charge is 2.00. The molecule has 0 radical (unpaired) electrons. The molecule has 0 unspecified atom stereocenters. The highest BCUT2D eigenvalue weighted by atomic mass is 79.9. The van der Waals surface area contributed by atoms with Gasteiger partial charge in [-0.1, -0.05) is 22.0 Å². The molecule has 0 heterocycles. The Labute approximate surface area is 101 Å². The number of benzene rings is 1. The molecule has 0 aromatic heterocycles. The van der Waals surface area contributed by atoms with Gasteiger partial charge < -0.3 is 5.73 Å². The van der Waals surface area contributed by atoms with Gasteiger partial charge in [-0.2, -0.15) is 5.10 Å². The van der Waals surface area contributed by atoms with Crippen molar-refractivity contribution in [2.45, 2.75) is 5.33 Å². The van der Waals surface area contributed by atoms with Crippen LogP contribution in [0.4, 0.5) is 4.39 Å². The number of hydrogen-bond donors (Lipinski definition) is 2. The number of halogens is 2. The van der Waals surface area contributed by atoms with Gasteiger partial charge in [0.05, 0.1) is 6.21 Å². The molecule has 0 saturated heterocycles. The molecule has 0 amide bonds. The minimum atomic E-state index is -0.244. The molecular formula is C9H9BrFN3S. The SMILES string of the molecule is NC(=S)NN=Cc1ccc(F)c(CBr)c1. The first-order chi connectivity index (χ1) is 7.13. The number of alkyl halides is 1. The predicted octanol–water partition coefficient (Wildman–Crippen LogP) is 1.89. The van der Waals surface area contributed by atoms with Crippen molar-refractivity contribution in [1.82, 2.24) is 5.43 Å². The summed E-state index contributed by atoms with van der Waals surface area (Å²) < 4.78 is 13.1. The van der Waals surface area contributed by atoms with E-state index in [4.69, 9.17) is 5.73 Å². The summed E-state index contributed by atoms with van der Waals surface area (Å²) >= 11 is 7.76. The second-order valence-corrected chi connectivity index (χ2v) is 3.72. The van der Waals surface area contributed by atoms with Gasteiger partial charge in [0.25, 0.3) is 0 Å². The van der Waals surface area contributed by atoms with Gasteiger partial charge in [0, 0.05) is 5.33 Å². The average molecular weight is 290 g/mol. The maximum atomic E-state index is 13.1. The second kappa shape index (κ2) is 5.77. The van der Waals surface area contributed by atoms with E-state index < -0.39 is 0 Å². The summed E-state index contributed by atoms with van der Waals surface area (Å²) in [7, 11) is 0. The van der Waals surface area contributed by atoms with Gasteiger partial charge in [-0.05, 0) is 35.5 Å². The Bertz CT molecular complexity index is 395. The molecule has 3 nitrogen and oxygen atoms in total. The molecule has 3 N–H and O–H groups in total. The molecule has 6 heteroatoms. The number of thiocarbonyl (C=S) groups is 1. The molecule has 0 aliphatic rings. The Balaban J connectivity index is 2.78. The van der Waals surface area contributed by atoms with Gasteiger partial charge in [-0.25, -0.2) is 4.39 Å². The van der Waals surface area contributed by atoms with E-state index in [1.807, 2.05) is 0 Å². The summed E-state index contributed by atoms with van der Waals surface area (Å²) in [5.74, 6) is -0.244. The van der Waals surface area contributed by atoms with Gasteiger partial charge in [0.1, 0.15) is 5.82 Å². The summed E-state index contributed by atoms with van der Waals surface area (Å²) in [6, 6.07) is 4.69. The lowest BCUT2D eigenvalue weighted by atomic mass is 10.1. The van der Waals surface area contributed by atoms with Crippen LogP contribution in [0.2, 0.25) is 0 Å². The number of nitrogens with two attached hydrogens (primary N) is 1. The minimum absolute atomic E-state index is 0.0917. The molecule has 0 fully saturated rings. The van der Waals surface area contributed by atoms with Crippen molar-refractivity contribution >= 4 is 39.5 Å². The number of hydrogen-bond acceptors (Lipinski definition) is 2. The quantitative estimate of drug-likeness (QED) is 0.387. The first-order valence-electron chi connectivity index (χ1n) is 4.06. The zero-order chi connectivity index (χ0) is 11.3. The standard InChI is InChI=1S/C9H9BrFN3S/c10-4-7-3-6(1-2-8(7)11)5-13-14-9(12)15/h1-3,5H,4H2,(H3,12,14,15). The lowest BCUT2D eigenvalue weighted by molar-refractivity contribution is 0.617. The Morgan fingerprint density at radius 2 is 2.40 bits per heavy atom. The van der Waals surface area contributed by atoms with E-state index in [0.717, 1.165) is 5.56 Å². The van der Waals surface area contributed by atoms with Crippen molar-refractivity contribution in [2.75, 3.05) is 0 Å². The number of rotatable bonds is 3. The van der Waals surface area contributed by atoms with Crippen LogP contribution in [0.25, 0.3) is 0 Å². The number of nitrogens with one attached hydrogen (secondary N) is 1. The van der Waals surface area contributed by atoms with E-state index in [1.165, 1.54) is 12.3 Å². The van der Waals surface area contributed by atoms with Crippen LogP contribution in [0.3, 0.4) is 0 Å². The molecule has 0 bridgehead atoms. The first kappa shape index (κ1) is 12.1. The van der Waals surface area contributed by atoms with E-state index in [0.29, 0.717) is 10.9 Å². The van der Waals surface area contributed by atoms with Crippen molar-refractivity contribution in [3.8, 4) is 0 Å². The molecule has 1 aromatic carbocycles. The van der Waals surface area contributed by atoms with E-state index in [2.05, 4.69) is 38.7 Å². The lowest BCUT2D eigenvalue weighted by Gasteiger charge is -2.00. The molecule has 1 rings (SSSR count). The molecule has 15 heavy (non-hydrogen) atoms. The van der Waals surface area contributed by atoms with Crippen molar-refractivity contribution in [2.24, 2.45) is 10.8 Å². The lowest BCUT2D eigenvalue weighted by Crippen LogP contribution is -2.23. The molecule has 0 aliphatic heterocycles. The Morgan fingerprint density at radius 3 is 3.00 bits per heavy atom. The van der Waals surface area contributed by atoms with Gasteiger partial charge in [-0.15, -0.1) is 0 Å². The van der Waals surface area contributed by atoms with Crippen LogP contribution in [0.5, 0.6) is 0 Å². The molecule has 80 valence electrons. The normalized spacial score (nSPS) is 10.5.